The van der Waals surface area contributed by atoms with Gasteiger partial charge in [-0.3, -0.25) is 9.48 Å². The highest BCUT2D eigenvalue weighted by Gasteiger charge is 2.30. The standard InChI is InChI=1S/C22H29FN4O/c1-26-20-10-9-17(24-12-11-16-7-3-4-8-19(16)23)15-18(20)21(25-26)22(28)27-13-5-2-6-14-27/h3-4,7-8,17,24H,2,5-6,9-15H2,1H3/t17-/m0/s1. The molecule has 0 saturated carbocycles. The number of hydrogen-bond acceptors (Lipinski definition) is 3. The maximum Gasteiger partial charge on any atom is 0.274 e. The van der Waals surface area contributed by atoms with Gasteiger partial charge in [0.2, 0.25) is 0 Å². The summed E-state index contributed by atoms with van der Waals surface area (Å²) in [6.45, 7) is 2.42. The third-order valence-corrected chi connectivity index (χ3v) is 6.09. The Labute approximate surface area is 165 Å². The molecule has 0 radical (unpaired) electrons. The molecule has 1 atom stereocenters. The number of fused-ring (bicyclic) bond motifs is 1. The lowest BCUT2D eigenvalue weighted by Gasteiger charge is -2.27. The van der Waals surface area contributed by atoms with Gasteiger partial charge in [-0.1, -0.05) is 18.2 Å². The molecule has 150 valence electrons. The van der Waals surface area contributed by atoms with E-state index in [0.717, 1.165) is 62.9 Å². The third kappa shape index (κ3) is 3.97. The monoisotopic (exact) mass is 384 g/mol. The lowest BCUT2D eigenvalue weighted by molar-refractivity contribution is 0.0716. The van der Waals surface area contributed by atoms with Crippen LogP contribution in [-0.2, 0) is 26.3 Å². The summed E-state index contributed by atoms with van der Waals surface area (Å²) in [6.07, 6.45) is 6.79. The molecular formula is C22H29FN4O. The van der Waals surface area contributed by atoms with Crippen molar-refractivity contribution in [2.24, 2.45) is 7.05 Å². The number of halogens is 1. The zero-order chi connectivity index (χ0) is 19.5. The number of piperidine rings is 1. The van der Waals surface area contributed by atoms with Gasteiger partial charge in [-0.15, -0.1) is 0 Å². The first-order chi connectivity index (χ1) is 13.6. The molecule has 28 heavy (non-hydrogen) atoms. The first-order valence-corrected chi connectivity index (χ1v) is 10.4. The molecule has 1 aliphatic heterocycles. The Morgan fingerprint density at radius 3 is 2.82 bits per heavy atom. The van der Waals surface area contributed by atoms with Gasteiger partial charge < -0.3 is 10.2 Å². The summed E-state index contributed by atoms with van der Waals surface area (Å²) in [5.74, 6) is -0.0551. The van der Waals surface area contributed by atoms with Gasteiger partial charge in [-0.25, -0.2) is 4.39 Å². The highest BCUT2D eigenvalue weighted by atomic mass is 19.1. The predicted octanol–water partition coefficient (Wildman–Crippen LogP) is 2.87. The average Bonchev–Trinajstić information content (AvgIpc) is 3.05. The number of likely N-dealkylation sites (tertiary alicyclic amines) is 1. The maximum absolute atomic E-state index is 13.8. The van der Waals surface area contributed by atoms with Gasteiger partial charge in [-0.05, 0) is 63.1 Å². The quantitative estimate of drug-likeness (QED) is 0.862. The van der Waals surface area contributed by atoms with Gasteiger partial charge in [0, 0.05) is 37.4 Å². The number of amides is 1. The van der Waals surface area contributed by atoms with Crippen LogP contribution in [0.15, 0.2) is 24.3 Å². The Kier molecular flexibility index (Phi) is 5.76. The summed E-state index contributed by atoms with van der Waals surface area (Å²) in [7, 11) is 1.94. The number of aromatic nitrogens is 2. The number of carbonyl (C=O) groups excluding carboxylic acids is 1. The number of benzene rings is 1. The zero-order valence-corrected chi connectivity index (χ0v) is 16.6. The normalized spacial score (nSPS) is 19.5. The summed E-state index contributed by atoms with van der Waals surface area (Å²) < 4.78 is 15.7. The Bertz CT molecular complexity index is 841. The van der Waals surface area contributed by atoms with Crippen LogP contribution in [0.25, 0.3) is 0 Å². The molecule has 2 heterocycles. The van der Waals surface area contributed by atoms with Gasteiger partial charge in [-0.2, -0.15) is 5.10 Å². The van der Waals surface area contributed by atoms with E-state index in [-0.39, 0.29) is 11.7 Å². The fourth-order valence-corrected chi connectivity index (χ4v) is 4.49. The van der Waals surface area contributed by atoms with Crippen molar-refractivity contribution in [3.8, 4) is 0 Å². The number of rotatable bonds is 5. The molecule has 0 bridgehead atoms. The van der Waals surface area contributed by atoms with Gasteiger partial charge in [0.15, 0.2) is 5.69 Å². The van der Waals surface area contributed by atoms with Crippen LogP contribution in [-0.4, -0.2) is 46.3 Å². The van der Waals surface area contributed by atoms with E-state index in [9.17, 15) is 9.18 Å². The van der Waals surface area contributed by atoms with Crippen molar-refractivity contribution in [3.63, 3.8) is 0 Å². The van der Waals surface area contributed by atoms with Crippen molar-refractivity contribution in [1.82, 2.24) is 20.0 Å². The van der Waals surface area contributed by atoms with E-state index in [1.165, 1.54) is 18.2 Å². The lowest BCUT2D eigenvalue weighted by atomic mass is 9.90. The van der Waals surface area contributed by atoms with Crippen molar-refractivity contribution in [1.29, 1.82) is 0 Å². The van der Waals surface area contributed by atoms with E-state index in [1.807, 2.05) is 28.8 Å². The molecule has 1 amide bonds. The molecule has 1 saturated heterocycles. The van der Waals surface area contributed by atoms with Crippen molar-refractivity contribution >= 4 is 5.91 Å². The van der Waals surface area contributed by atoms with Crippen molar-refractivity contribution in [2.75, 3.05) is 19.6 Å². The van der Waals surface area contributed by atoms with E-state index in [0.29, 0.717) is 18.2 Å². The van der Waals surface area contributed by atoms with Crippen LogP contribution in [0.4, 0.5) is 4.39 Å². The van der Waals surface area contributed by atoms with Crippen LogP contribution in [0, 0.1) is 5.82 Å². The van der Waals surface area contributed by atoms with Crippen molar-refractivity contribution < 1.29 is 9.18 Å². The molecule has 1 aliphatic carbocycles. The molecular weight excluding hydrogens is 355 g/mol. The minimum atomic E-state index is -0.142. The van der Waals surface area contributed by atoms with Gasteiger partial charge in [0.05, 0.1) is 0 Å². The number of aryl methyl sites for hydroxylation is 1. The second-order valence-electron chi connectivity index (χ2n) is 7.99. The fraction of sp³-hybridized carbons (Fsp3) is 0.545. The van der Waals surface area contributed by atoms with Crippen LogP contribution in [0.3, 0.4) is 0 Å². The predicted molar refractivity (Wildman–Crippen MR) is 107 cm³/mol. The zero-order valence-electron chi connectivity index (χ0n) is 16.6. The van der Waals surface area contributed by atoms with Gasteiger partial charge >= 0.3 is 0 Å². The van der Waals surface area contributed by atoms with Crippen LogP contribution >= 0.6 is 0 Å². The highest BCUT2D eigenvalue weighted by Crippen LogP contribution is 2.26. The summed E-state index contributed by atoms with van der Waals surface area (Å²) in [5.41, 5.74) is 3.68. The van der Waals surface area contributed by atoms with Crippen LogP contribution in [0.2, 0.25) is 0 Å². The van der Waals surface area contributed by atoms with E-state index in [4.69, 9.17) is 0 Å². The Morgan fingerprint density at radius 1 is 1.25 bits per heavy atom. The van der Waals surface area contributed by atoms with Gasteiger partial charge in [0.1, 0.15) is 5.82 Å². The fourth-order valence-electron chi connectivity index (χ4n) is 4.49. The summed E-state index contributed by atoms with van der Waals surface area (Å²) in [6, 6.07) is 7.25. The molecule has 2 aromatic rings. The van der Waals surface area contributed by atoms with Crippen molar-refractivity contribution in [2.45, 2.75) is 51.0 Å². The Morgan fingerprint density at radius 2 is 2.04 bits per heavy atom. The van der Waals surface area contributed by atoms with Crippen LogP contribution in [0.1, 0.15) is 53.0 Å². The summed E-state index contributed by atoms with van der Waals surface area (Å²) in [5, 5.41) is 8.15. The summed E-state index contributed by atoms with van der Waals surface area (Å²) >= 11 is 0. The lowest BCUT2D eigenvalue weighted by Crippen LogP contribution is -2.38. The molecule has 0 unspecified atom stereocenters. The molecule has 0 spiro atoms. The molecule has 1 N–H and O–H groups in total. The average molecular weight is 384 g/mol. The SMILES string of the molecule is Cn1nc(C(=O)N2CCCCC2)c2c1CC[C@H](NCCc1ccccc1F)C2. The van der Waals surface area contributed by atoms with E-state index < -0.39 is 0 Å². The maximum atomic E-state index is 13.8. The molecule has 2 aliphatic rings. The Hall–Kier alpha value is -2.21. The van der Waals surface area contributed by atoms with Crippen molar-refractivity contribution in [3.05, 3.63) is 52.6 Å². The molecule has 6 heteroatoms. The molecule has 1 aromatic carbocycles. The van der Waals surface area contributed by atoms with Crippen LogP contribution in [0.5, 0.6) is 0 Å². The molecule has 5 nitrogen and oxygen atoms in total. The number of nitrogens with one attached hydrogen (secondary N) is 1. The highest BCUT2D eigenvalue weighted by molar-refractivity contribution is 5.94. The second-order valence-corrected chi connectivity index (χ2v) is 7.99. The topological polar surface area (TPSA) is 50.2 Å². The van der Waals surface area contributed by atoms with E-state index in [2.05, 4.69) is 10.4 Å². The van der Waals surface area contributed by atoms with E-state index in [1.54, 1.807) is 6.07 Å². The number of hydrogen-bond donors (Lipinski definition) is 1. The Balaban J connectivity index is 1.41. The first kappa shape index (κ1) is 19.1. The molecule has 1 fully saturated rings. The largest absolute Gasteiger partial charge is 0.337 e. The first-order valence-electron chi connectivity index (χ1n) is 10.4. The third-order valence-electron chi connectivity index (χ3n) is 6.09. The smallest absolute Gasteiger partial charge is 0.274 e. The minimum Gasteiger partial charge on any atom is -0.337 e. The van der Waals surface area contributed by atoms with E-state index >= 15 is 0 Å². The van der Waals surface area contributed by atoms with Crippen LogP contribution < -0.4 is 5.32 Å². The van der Waals surface area contributed by atoms with Gasteiger partial charge in [0.25, 0.3) is 5.91 Å². The number of carbonyl (C=O) groups is 1. The summed E-state index contributed by atoms with van der Waals surface area (Å²) in [4.78, 5) is 15.0. The second kappa shape index (κ2) is 8.43. The molecule has 1 aromatic heterocycles. The number of nitrogens with zero attached hydrogens (tertiary/aromatic N) is 3. The minimum absolute atomic E-state index is 0.0866. The molecule has 4 rings (SSSR count).